The smallest absolute Gasteiger partial charge is 0.196 e. The Morgan fingerprint density at radius 1 is 1.00 bits per heavy atom. The molecule has 1 heterocycles. The molecule has 0 aliphatic rings. The number of anilines is 1. The second-order valence-corrected chi connectivity index (χ2v) is 3.40. The van der Waals surface area contributed by atoms with E-state index in [9.17, 15) is 13.2 Å². The van der Waals surface area contributed by atoms with Crippen LogP contribution in [0.15, 0.2) is 36.5 Å². The summed E-state index contributed by atoms with van der Waals surface area (Å²) >= 11 is 0. The van der Waals surface area contributed by atoms with E-state index in [0.29, 0.717) is 5.69 Å². The number of nitrogens with zero attached hydrogens (tertiary/aromatic N) is 1. The average Bonchev–Trinajstić information content (AvgIpc) is 2.36. The molecule has 88 valence electrons. The lowest BCUT2D eigenvalue weighted by atomic mass is 10.2. The van der Waals surface area contributed by atoms with Crippen LogP contribution in [-0.2, 0) is 6.54 Å². The van der Waals surface area contributed by atoms with Crippen molar-refractivity contribution in [3.63, 3.8) is 0 Å². The van der Waals surface area contributed by atoms with Gasteiger partial charge in [0.15, 0.2) is 17.5 Å². The molecule has 2 rings (SSSR count). The molecule has 1 N–H and O–H groups in total. The van der Waals surface area contributed by atoms with Gasteiger partial charge in [-0.2, -0.15) is 0 Å². The minimum Gasteiger partial charge on any atom is -0.377 e. The fourth-order valence-corrected chi connectivity index (χ4v) is 1.35. The number of benzene rings is 1. The van der Waals surface area contributed by atoms with Crippen LogP contribution in [0.2, 0.25) is 0 Å². The van der Waals surface area contributed by atoms with E-state index < -0.39 is 17.5 Å². The Balaban J connectivity index is 2.13. The molecule has 0 spiro atoms. The van der Waals surface area contributed by atoms with Crippen molar-refractivity contribution in [1.82, 2.24) is 4.98 Å². The van der Waals surface area contributed by atoms with Crippen molar-refractivity contribution in [3.8, 4) is 0 Å². The molecule has 1 aromatic heterocycles. The molecular formula is C12H9F3N2. The largest absolute Gasteiger partial charge is 0.377 e. The highest BCUT2D eigenvalue weighted by molar-refractivity contribution is 5.45. The molecule has 2 aromatic rings. The average molecular weight is 238 g/mol. The monoisotopic (exact) mass is 238 g/mol. The van der Waals surface area contributed by atoms with Crippen LogP contribution in [0.1, 0.15) is 5.69 Å². The van der Waals surface area contributed by atoms with Crippen LogP contribution in [0.3, 0.4) is 0 Å². The predicted octanol–water partition coefficient (Wildman–Crippen LogP) is 3.11. The Labute approximate surface area is 96.1 Å². The first kappa shape index (κ1) is 11.4. The van der Waals surface area contributed by atoms with E-state index in [4.69, 9.17) is 0 Å². The summed E-state index contributed by atoms with van der Waals surface area (Å²) in [6.45, 7) is 0.239. The highest BCUT2D eigenvalue weighted by Gasteiger charge is 2.12. The Hall–Kier alpha value is -2.04. The van der Waals surface area contributed by atoms with E-state index in [2.05, 4.69) is 10.3 Å². The van der Waals surface area contributed by atoms with Gasteiger partial charge in [-0.25, -0.2) is 13.2 Å². The SMILES string of the molecule is Fc1ccc(NCc2ccccn2)c(F)c1F. The maximum Gasteiger partial charge on any atom is 0.196 e. The first-order valence-corrected chi connectivity index (χ1v) is 4.96. The number of aromatic nitrogens is 1. The van der Waals surface area contributed by atoms with Gasteiger partial charge < -0.3 is 5.32 Å². The summed E-state index contributed by atoms with van der Waals surface area (Å²) in [5.41, 5.74) is 0.589. The molecule has 0 saturated heterocycles. The molecule has 0 aliphatic carbocycles. The van der Waals surface area contributed by atoms with Gasteiger partial charge in [-0.15, -0.1) is 0 Å². The Morgan fingerprint density at radius 2 is 1.82 bits per heavy atom. The van der Waals surface area contributed by atoms with E-state index >= 15 is 0 Å². The Kier molecular flexibility index (Phi) is 3.27. The fourth-order valence-electron chi connectivity index (χ4n) is 1.35. The molecule has 0 aliphatic heterocycles. The molecule has 5 heteroatoms. The summed E-state index contributed by atoms with van der Waals surface area (Å²) in [6, 6.07) is 7.30. The van der Waals surface area contributed by atoms with Gasteiger partial charge in [-0.05, 0) is 24.3 Å². The molecule has 0 bridgehead atoms. The van der Waals surface area contributed by atoms with Gasteiger partial charge in [0.05, 0.1) is 17.9 Å². The number of pyridine rings is 1. The van der Waals surface area contributed by atoms with Gasteiger partial charge in [0.2, 0.25) is 0 Å². The minimum atomic E-state index is -1.48. The van der Waals surface area contributed by atoms with Crippen molar-refractivity contribution < 1.29 is 13.2 Å². The van der Waals surface area contributed by atoms with Crippen molar-refractivity contribution in [2.75, 3.05) is 5.32 Å². The third-order valence-corrected chi connectivity index (χ3v) is 2.22. The summed E-state index contributed by atoms with van der Waals surface area (Å²) in [5, 5.41) is 2.65. The van der Waals surface area contributed by atoms with Crippen LogP contribution in [0.5, 0.6) is 0 Å². The van der Waals surface area contributed by atoms with Crippen molar-refractivity contribution in [2.45, 2.75) is 6.54 Å². The molecule has 0 amide bonds. The lowest BCUT2D eigenvalue weighted by molar-refractivity contribution is 0.449. The van der Waals surface area contributed by atoms with Crippen LogP contribution in [-0.4, -0.2) is 4.98 Å². The van der Waals surface area contributed by atoms with Crippen LogP contribution < -0.4 is 5.32 Å². The number of hydrogen-bond acceptors (Lipinski definition) is 2. The number of rotatable bonds is 3. The van der Waals surface area contributed by atoms with Gasteiger partial charge in [0.25, 0.3) is 0 Å². The van der Waals surface area contributed by atoms with E-state index in [1.54, 1.807) is 24.4 Å². The molecule has 0 radical (unpaired) electrons. The van der Waals surface area contributed by atoms with E-state index in [0.717, 1.165) is 12.1 Å². The zero-order chi connectivity index (χ0) is 12.3. The second kappa shape index (κ2) is 4.86. The molecule has 0 fully saturated rings. The maximum absolute atomic E-state index is 13.3. The third-order valence-electron chi connectivity index (χ3n) is 2.22. The van der Waals surface area contributed by atoms with Crippen molar-refractivity contribution >= 4 is 5.69 Å². The highest BCUT2D eigenvalue weighted by Crippen LogP contribution is 2.19. The molecule has 2 nitrogen and oxygen atoms in total. The summed E-state index contributed by atoms with van der Waals surface area (Å²) in [5.74, 6) is -3.90. The Morgan fingerprint density at radius 3 is 2.53 bits per heavy atom. The highest BCUT2D eigenvalue weighted by atomic mass is 19.2. The number of nitrogens with one attached hydrogen (secondary N) is 1. The standard InChI is InChI=1S/C12H9F3N2/c13-9-4-5-10(12(15)11(9)14)17-7-8-3-1-2-6-16-8/h1-6,17H,7H2. The number of halogens is 3. The summed E-state index contributed by atoms with van der Waals surface area (Å²) in [6.07, 6.45) is 1.60. The van der Waals surface area contributed by atoms with Crippen molar-refractivity contribution in [1.29, 1.82) is 0 Å². The predicted molar refractivity (Wildman–Crippen MR) is 57.9 cm³/mol. The molecule has 1 aromatic carbocycles. The van der Waals surface area contributed by atoms with Gasteiger partial charge >= 0.3 is 0 Å². The third kappa shape index (κ3) is 2.55. The zero-order valence-corrected chi connectivity index (χ0v) is 8.75. The van der Waals surface area contributed by atoms with Crippen LogP contribution >= 0.6 is 0 Å². The second-order valence-electron chi connectivity index (χ2n) is 3.40. The van der Waals surface area contributed by atoms with Gasteiger partial charge in [0.1, 0.15) is 0 Å². The quantitative estimate of drug-likeness (QED) is 0.831. The Bertz CT molecular complexity index is 515. The van der Waals surface area contributed by atoms with Crippen LogP contribution in [0, 0.1) is 17.5 Å². The van der Waals surface area contributed by atoms with E-state index in [-0.39, 0.29) is 12.2 Å². The first-order chi connectivity index (χ1) is 8.18. The van der Waals surface area contributed by atoms with Gasteiger partial charge in [-0.3, -0.25) is 4.98 Å². The maximum atomic E-state index is 13.3. The van der Waals surface area contributed by atoms with Crippen molar-refractivity contribution in [2.24, 2.45) is 0 Å². The van der Waals surface area contributed by atoms with E-state index in [1.165, 1.54) is 0 Å². The van der Waals surface area contributed by atoms with Crippen LogP contribution in [0.4, 0.5) is 18.9 Å². The molecule has 17 heavy (non-hydrogen) atoms. The molecule has 0 atom stereocenters. The molecule has 0 unspecified atom stereocenters. The normalized spacial score (nSPS) is 10.3. The van der Waals surface area contributed by atoms with Crippen LogP contribution in [0.25, 0.3) is 0 Å². The summed E-state index contributed by atoms with van der Waals surface area (Å²) in [4.78, 5) is 4.01. The topological polar surface area (TPSA) is 24.9 Å². The zero-order valence-electron chi connectivity index (χ0n) is 8.75. The van der Waals surface area contributed by atoms with Gasteiger partial charge in [0, 0.05) is 6.20 Å². The van der Waals surface area contributed by atoms with Gasteiger partial charge in [-0.1, -0.05) is 6.07 Å². The lowest BCUT2D eigenvalue weighted by Crippen LogP contribution is -2.05. The first-order valence-electron chi connectivity index (χ1n) is 4.96. The fraction of sp³-hybridized carbons (Fsp3) is 0.0833. The minimum absolute atomic E-state index is 0.0884. The van der Waals surface area contributed by atoms with E-state index in [1.807, 2.05) is 0 Å². The molecular weight excluding hydrogens is 229 g/mol. The van der Waals surface area contributed by atoms with Crippen molar-refractivity contribution in [3.05, 3.63) is 59.7 Å². The molecule has 0 saturated carbocycles. The lowest BCUT2D eigenvalue weighted by Gasteiger charge is -2.07. The summed E-state index contributed by atoms with van der Waals surface area (Å²) < 4.78 is 38.8. The summed E-state index contributed by atoms with van der Waals surface area (Å²) in [7, 11) is 0. The number of hydrogen-bond donors (Lipinski definition) is 1.